The average Bonchev–Trinajstić information content (AvgIpc) is 3.57. The Hall–Kier alpha value is -4.23. The number of thioether (sulfide) groups is 1. The first-order chi connectivity index (χ1) is 24.3. The Morgan fingerprint density at radius 3 is 2.55 bits per heavy atom. The minimum Gasteiger partial charge on any atom is -0.504 e. The number of fused-ring (bicyclic) bond motifs is 9. The van der Waals surface area contributed by atoms with Crippen LogP contribution in [0.15, 0.2) is 6.07 Å². The van der Waals surface area contributed by atoms with Gasteiger partial charge < -0.3 is 39.8 Å². The topological polar surface area (TPSA) is 186 Å². The SMILES string of the molecule is COc1c(C)cc2c(c1O)[C@H]1C3[C@@H]4SCC(NC(=O)C(N)C(C)C)C(=O)OC[C@@H](c5c6c(c(C)c(OC(C)=O)c54)OCO6)N3[C@@H](C#N)[C@@H](C2)N1C. The number of nitrogens with two attached hydrogens (primary N) is 1. The van der Waals surface area contributed by atoms with Gasteiger partial charge in [0.1, 0.15) is 24.4 Å². The molecule has 272 valence electrons. The fourth-order valence-corrected chi connectivity index (χ4v) is 10.1. The van der Waals surface area contributed by atoms with Gasteiger partial charge in [0.25, 0.3) is 0 Å². The average molecular weight is 722 g/mol. The van der Waals surface area contributed by atoms with Gasteiger partial charge in [-0.3, -0.25) is 19.4 Å². The molecule has 51 heavy (non-hydrogen) atoms. The fraction of sp³-hybridized carbons (Fsp3) is 0.556. The number of benzene rings is 2. The van der Waals surface area contributed by atoms with Crippen LogP contribution in [0.25, 0.3) is 0 Å². The number of nitrogens with one attached hydrogen (secondary N) is 1. The molecule has 5 aliphatic heterocycles. The summed E-state index contributed by atoms with van der Waals surface area (Å²) in [5.41, 5.74) is 10.4. The zero-order valence-electron chi connectivity index (χ0n) is 29.6. The van der Waals surface area contributed by atoms with Crippen molar-refractivity contribution in [2.75, 3.05) is 33.3 Å². The van der Waals surface area contributed by atoms with E-state index in [0.717, 1.165) is 11.1 Å². The Morgan fingerprint density at radius 2 is 1.88 bits per heavy atom. The van der Waals surface area contributed by atoms with Crippen molar-refractivity contribution in [3.63, 3.8) is 0 Å². The lowest BCUT2D eigenvalue weighted by atomic mass is 9.71. The molecular weight excluding hydrogens is 678 g/mol. The van der Waals surface area contributed by atoms with Crippen molar-refractivity contribution in [1.82, 2.24) is 15.1 Å². The standard InChI is InChI=1S/C36H43N5O9S/c1-14(2)26(38)35(44)39-19-12-51-34-25-24(33-32(48-13-49-33)16(4)31(25)50-17(5)42)22(11-47-36(19)45)41-21(10-37)20-9-18-8-15(3)30(46-7)29(43)23(18)27(28(34)41)40(20)6/h8,14,19-22,26-28,34,43H,9,11-13,38H2,1-7H3,(H,39,44)/t19?,20-,21+,22+,26?,27+,28?,34-/m1/s1. The summed E-state index contributed by atoms with van der Waals surface area (Å²) in [6.07, 6.45) is 0.480. The number of carbonyl (C=O) groups is 3. The predicted octanol–water partition coefficient (Wildman–Crippen LogP) is 2.70. The number of ether oxygens (including phenoxy) is 5. The van der Waals surface area contributed by atoms with E-state index in [1.807, 2.05) is 33.9 Å². The van der Waals surface area contributed by atoms with Crippen LogP contribution in [-0.2, 0) is 25.5 Å². The molecule has 0 radical (unpaired) electrons. The first-order valence-electron chi connectivity index (χ1n) is 17.1. The summed E-state index contributed by atoms with van der Waals surface area (Å²) in [7, 11) is 3.48. The van der Waals surface area contributed by atoms with E-state index in [1.165, 1.54) is 25.8 Å². The highest BCUT2D eigenvalue weighted by molar-refractivity contribution is 7.99. The lowest BCUT2D eigenvalue weighted by Gasteiger charge is -2.61. The van der Waals surface area contributed by atoms with Crippen LogP contribution in [0.4, 0.5) is 0 Å². The second-order valence-electron chi connectivity index (χ2n) is 14.2. The van der Waals surface area contributed by atoms with Gasteiger partial charge in [0, 0.05) is 47.0 Å². The highest BCUT2D eigenvalue weighted by atomic mass is 32.2. The summed E-state index contributed by atoms with van der Waals surface area (Å²) < 4.78 is 29.8. The summed E-state index contributed by atoms with van der Waals surface area (Å²) in [5, 5.41) is 25.1. The number of nitrogens with zero attached hydrogens (tertiary/aromatic N) is 3. The minimum absolute atomic E-state index is 0.0256. The van der Waals surface area contributed by atoms with Gasteiger partial charge >= 0.3 is 11.9 Å². The number of rotatable bonds is 5. The van der Waals surface area contributed by atoms with Crippen LogP contribution in [0.2, 0.25) is 0 Å². The Morgan fingerprint density at radius 1 is 1.16 bits per heavy atom. The molecule has 5 heterocycles. The van der Waals surface area contributed by atoms with Gasteiger partial charge in [-0.25, -0.2) is 4.79 Å². The van der Waals surface area contributed by atoms with Crippen LogP contribution in [0.3, 0.4) is 0 Å². The zero-order valence-corrected chi connectivity index (χ0v) is 30.5. The third-order valence-corrected chi connectivity index (χ3v) is 12.4. The number of hydrogen-bond acceptors (Lipinski definition) is 14. The predicted molar refractivity (Wildman–Crippen MR) is 185 cm³/mol. The van der Waals surface area contributed by atoms with E-state index in [4.69, 9.17) is 29.4 Å². The molecule has 1 amide bonds. The van der Waals surface area contributed by atoms with Crippen molar-refractivity contribution < 1.29 is 43.2 Å². The van der Waals surface area contributed by atoms with Crippen molar-refractivity contribution in [3.05, 3.63) is 39.4 Å². The normalized spacial score (nSPS) is 28.5. The van der Waals surface area contributed by atoms with E-state index < -0.39 is 59.3 Å². The molecule has 14 nitrogen and oxygen atoms in total. The van der Waals surface area contributed by atoms with Crippen LogP contribution in [0, 0.1) is 31.1 Å². The maximum Gasteiger partial charge on any atom is 0.329 e. The first-order valence-corrected chi connectivity index (χ1v) is 18.1. The smallest absolute Gasteiger partial charge is 0.329 e. The summed E-state index contributed by atoms with van der Waals surface area (Å²) in [5.74, 6) is -0.200. The van der Waals surface area contributed by atoms with Crippen molar-refractivity contribution in [2.45, 2.75) is 88.6 Å². The molecule has 8 atom stereocenters. The number of phenolic OH excluding ortho intramolecular Hbond substituents is 1. The molecule has 0 spiro atoms. The Bertz CT molecular complexity index is 1860. The molecule has 3 unspecified atom stereocenters. The van der Waals surface area contributed by atoms with Crippen LogP contribution >= 0.6 is 11.8 Å². The van der Waals surface area contributed by atoms with E-state index >= 15 is 0 Å². The second-order valence-corrected chi connectivity index (χ2v) is 15.4. The molecule has 0 saturated carbocycles. The summed E-state index contributed by atoms with van der Waals surface area (Å²) in [6.45, 7) is 8.37. The monoisotopic (exact) mass is 721 g/mol. The third kappa shape index (κ3) is 5.37. The Labute approximate surface area is 300 Å². The van der Waals surface area contributed by atoms with Gasteiger partial charge in [-0.2, -0.15) is 5.26 Å². The number of carbonyl (C=O) groups excluding carboxylic acids is 3. The summed E-state index contributed by atoms with van der Waals surface area (Å²) >= 11 is 1.37. The lowest BCUT2D eigenvalue weighted by molar-refractivity contribution is -0.152. The van der Waals surface area contributed by atoms with Crippen LogP contribution in [-0.4, -0.2) is 96.3 Å². The highest BCUT2D eigenvalue weighted by Gasteiger charge is 2.60. The van der Waals surface area contributed by atoms with E-state index in [9.17, 15) is 24.8 Å². The Balaban J connectivity index is 1.49. The number of aromatic hydroxyl groups is 1. The molecule has 2 fully saturated rings. The highest BCUT2D eigenvalue weighted by Crippen LogP contribution is 2.64. The van der Waals surface area contributed by atoms with Crippen molar-refractivity contribution >= 4 is 29.6 Å². The van der Waals surface area contributed by atoms with Gasteiger partial charge in [-0.05, 0) is 44.4 Å². The van der Waals surface area contributed by atoms with E-state index in [2.05, 4.69) is 21.2 Å². The van der Waals surface area contributed by atoms with Gasteiger partial charge in [-0.15, -0.1) is 11.8 Å². The summed E-state index contributed by atoms with van der Waals surface area (Å²) in [4.78, 5) is 43.9. The zero-order chi connectivity index (χ0) is 36.6. The number of hydrogen-bond donors (Lipinski definition) is 3. The van der Waals surface area contributed by atoms with Crippen molar-refractivity contribution in [3.8, 4) is 34.8 Å². The van der Waals surface area contributed by atoms with Crippen LogP contribution < -0.4 is 30.0 Å². The number of phenols is 1. The van der Waals surface area contributed by atoms with E-state index in [0.29, 0.717) is 51.7 Å². The number of cyclic esters (lactones) is 1. The number of likely N-dealkylation sites (N-methyl/N-ethyl adjacent to an activating group) is 1. The van der Waals surface area contributed by atoms with Crippen LogP contribution in [0.1, 0.15) is 71.5 Å². The largest absolute Gasteiger partial charge is 0.504 e. The number of nitriles is 1. The molecule has 4 bridgehead atoms. The molecule has 2 saturated heterocycles. The van der Waals surface area contributed by atoms with Crippen molar-refractivity contribution in [2.24, 2.45) is 11.7 Å². The molecular formula is C36H43N5O9S. The number of aryl methyl sites for hydroxylation is 1. The number of methoxy groups -OCH3 is 1. The molecule has 4 N–H and O–H groups in total. The number of amides is 1. The second kappa shape index (κ2) is 13.1. The van der Waals surface area contributed by atoms with E-state index in [1.54, 1.807) is 6.92 Å². The van der Waals surface area contributed by atoms with Crippen molar-refractivity contribution in [1.29, 1.82) is 5.26 Å². The van der Waals surface area contributed by atoms with E-state index in [-0.39, 0.29) is 36.9 Å². The molecule has 0 aromatic heterocycles. The number of piperazine rings is 1. The maximum absolute atomic E-state index is 13.8. The molecule has 2 aromatic rings. The van der Waals surface area contributed by atoms with Gasteiger partial charge in [-0.1, -0.05) is 19.9 Å². The molecule has 0 aliphatic carbocycles. The lowest BCUT2D eigenvalue weighted by Crippen LogP contribution is -2.69. The van der Waals surface area contributed by atoms with Crippen LogP contribution in [0.5, 0.6) is 28.7 Å². The third-order valence-electron chi connectivity index (χ3n) is 11.0. The van der Waals surface area contributed by atoms with Gasteiger partial charge in [0.15, 0.2) is 23.0 Å². The number of esters is 2. The molecule has 15 heteroatoms. The van der Waals surface area contributed by atoms with Gasteiger partial charge in [0.2, 0.25) is 12.7 Å². The summed E-state index contributed by atoms with van der Waals surface area (Å²) in [6, 6.07) is -0.0689. The maximum atomic E-state index is 13.8. The molecule has 2 aromatic carbocycles. The Kier molecular flexibility index (Phi) is 9.02. The first kappa shape index (κ1) is 35.2. The molecule has 7 rings (SSSR count). The van der Waals surface area contributed by atoms with Gasteiger partial charge in [0.05, 0.1) is 36.6 Å². The fourth-order valence-electron chi connectivity index (χ4n) is 8.64. The quantitative estimate of drug-likeness (QED) is 0.302. The molecule has 5 aliphatic rings. The minimum atomic E-state index is -1.05.